The smallest absolute Gasteiger partial charge is 0.356 e. The van der Waals surface area contributed by atoms with Crippen molar-refractivity contribution >= 4 is 11.6 Å². The first kappa shape index (κ1) is 13.0. The Morgan fingerprint density at radius 2 is 2.14 bits per heavy atom. The Hall–Kier alpha value is -2.96. The van der Waals surface area contributed by atoms with Gasteiger partial charge in [-0.2, -0.15) is 5.10 Å². The molecule has 0 atom stereocenters. The number of ether oxygens (including phenoxy) is 1. The number of hydrogen-bond acceptors (Lipinski definition) is 4. The number of carboxylic acids is 1. The van der Waals surface area contributed by atoms with Crippen LogP contribution in [0.2, 0.25) is 0 Å². The zero-order valence-corrected chi connectivity index (χ0v) is 10.9. The number of rotatable bonds is 3. The van der Waals surface area contributed by atoms with Crippen LogP contribution in [0.4, 0.5) is 4.39 Å². The molecule has 1 N–H and O–H groups in total. The second-order valence-electron chi connectivity index (χ2n) is 4.33. The highest BCUT2D eigenvalue weighted by Crippen LogP contribution is 2.26. The van der Waals surface area contributed by atoms with Crippen LogP contribution >= 0.6 is 0 Å². The maximum atomic E-state index is 13.4. The quantitative estimate of drug-likeness (QED) is 0.799. The summed E-state index contributed by atoms with van der Waals surface area (Å²) in [4.78, 5) is 15.0. The number of carboxylic acid groups (broad SMARTS) is 1. The lowest BCUT2D eigenvalue weighted by atomic mass is 10.1. The van der Waals surface area contributed by atoms with Gasteiger partial charge in [-0.1, -0.05) is 6.07 Å². The van der Waals surface area contributed by atoms with Crippen molar-refractivity contribution in [2.24, 2.45) is 0 Å². The Balaban J connectivity index is 2.10. The number of fused-ring (bicyclic) bond motifs is 1. The van der Waals surface area contributed by atoms with Gasteiger partial charge >= 0.3 is 5.97 Å². The molecule has 7 heteroatoms. The van der Waals surface area contributed by atoms with Crippen LogP contribution in [0.5, 0.6) is 5.75 Å². The third kappa shape index (κ3) is 2.29. The highest BCUT2D eigenvalue weighted by Gasteiger charge is 2.11. The summed E-state index contributed by atoms with van der Waals surface area (Å²) in [5, 5.41) is 12.8. The van der Waals surface area contributed by atoms with Crippen LogP contribution in [0.15, 0.2) is 36.7 Å². The summed E-state index contributed by atoms with van der Waals surface area (Å²) in [7, 11) is 1.39. The van der Waals surface area contributed by atoms with Crippen molar-refractivity contribution in [2.75, 3.05) is 7.11 Å². The van der Waals surface area contributed by atoms with E-state index in [9.17, 15) is 9.18 Å². The van der Waals surface area contributed by atoms with E-state index in [1.54, 1.807) is 24.5 Å². The Morgan fingerprint density at radius 1 is 1.33 bits per heavy atom. The molecule has 0 fully saturated rings. The van der Waals surface area contributed by atoms with Gasteiger partial charge in [0.15, 0.2) is 22.9 Å². The van der Waals surface area contributed by atoms with Gasteiger partial charge in [0.25, 0.3) is 0 Å². The Bertz CT molecular complexity index is 845. The molecule has 3 aromatic rings. The topological polar surface area (TPSA) is 76.7 Å². The van der Waals surface area contributed by atoms with Crippen LogP contribution in [0.1, 0.15) is 10.5 Å². The average Bonchev–Trinajstić information content (AvgIpc) is 2.91. The van der Waals surface area contributed by atoms with Gasteiger partial charge in [-0.3, -0.25) is 0 Å². The second-order valence-corrected chi connectivity index (χ2v) is 4.33. The fourth-order valence-corrected chi connectivity index (χ4v) is 1.97. The summed E-state index contributed by atoms with van der Waals surface area (Å²) in [5.41, 5.74) is 1.69. The molecule has 3 rings (SSSR count). The van der Waals surface area contributed by atoms with Crippen molar-refractivity contribution in [3.05, 3.63) is 48.2 Å². The highest BCUT2D eigenvalue weighted by molar-refractivity contribution is 5.86. The fraction of sp³-hybridized carbons (Fsp3) is 0.0714. The molecule has 21 heavy (non-hydrogen) atoms. The molecule has 0 aliphatic carbocycles. The lowest BCUT2D eigenvalue weighted by Crippen LogP contribution is -1.98. The van der Waals surface area contributed by atoms with Crippen LogP contribution in [0.25, 0.3) is 16.8 Å². The normalized spacial score (nSPS) is 10.8. The van der Waals surface area contributed by atoms with Crippen LogP contribution in [0, 0.1) is 5.82 Å². The summed E-state index contributed by atoms with van der Waals surface area (Å²) in [5.74, 6) is -1.45. The lowest BCUT2D eigenvalue weighted by molar-refractivity contribution is 0.0690. The van der Waals surface area contributed by atoms with Crippen LogP contribution < -0.4 is 4.74 Å². The van der Waals surface area contributed by atoms with Crippen LogP contribution in [-0.2, 0) is 0 Å². The Morgan fingerprint density at radius 3 is 2.86 bits per heavy atom. The van der Waals surface area contributed by atoms with E-state index in [-0.39, 0.29) is 11.4 Å². The molecule has 0 unspecified atom stereocenters. The highest BCUT2D eigenvalue weighted by atomic mass is 19.1. The molecule has 1 aromatic carbocycles. The summed E-state index contributed by atoms with van der Waals surface area (Å²) >= 11 is 0. The number of carbonyl (C=O) groups is 1. The first-order valence-corrected chi connectivity index (χ1v) is 6.01. The van der Waals surface area contributed by atoms with Gasteiger partial charge in [-0.15, -0.1) is 0 Å². The molecule has 2 aromatic heterocycles. The van der Waals surface area contributed by atoms with Crippen molar-refractivity contribution in [1.29, 1.82) is 0 Å². The third-order valence-corrected chi connectivity index (χ3v) is 3.02. The van der Waals surface area contributed by atoms with Gasteiger partial charge in [-0.25, -0.2) is 18.7 Å². The number of halogens is 1. The second kappa shape index (κ2) is 4.86. The minimum absolute atomic E-state index is 0.0867. The Kier molecular flexibility index (Phi) is 3.02. The summed E-state index contributed by atoms with van der Waals surface area (Å²) in [6.45, 7) is 0. The van der Waals surface area contributed by atoms with Crippen molar-refractivity contribution in [3.63, 3.8) is 0 Å². The van der Waals surface area contributed by atoms with Crippen LogP contribution in [-0.4, -0.2) is 32.8 Å². The summed E-state index contributed by atoms with van der Waals surface area (Å²) in [6, 6.07) is 5.80. The molecule has 0 aliphatic rings. The van der Waals surface area contributed by atoms with Gasteiger partial charge in [0.05, 0.1) is 7.11 Å². The molecule has 0 radical (unpaired) electrons. The third-order valence-electron chi connectivity index (χ3n) is 3.02. The number of aromatic nitrogens is 3. The van der Waals surface area contributed by atoms with E-state index < -0.39 is 11.8 Å². The largest absolute Gasteiger partial charge is 0.494 e. The van der Waals surface area contributed by atoms with E-state index in [2.05, 4.69) is 10.1 Å². The number of methoxy groups -OCH3 is 1. The van der Waals surface area contributed by atoms with E-state index in [1.807, 2.05) is 0 Å². The van der Waals surface area contributed by atoms with Crippen molar-refractivity contribution < 1.29 is 19.0 Å². The molecule has 0 spiro atoms. The number of aromatic carboxylic acids is 1. The maximum absolute atomic E-state index is 13.4. The SMILES string of the molecule is COc1cc(-c2cnc3cc(C(=O)O)nn3c2)ccc1F. The Labute approximate surface area is 118 Å². The van der Waals surface area contributed by atoms with Gasteiger partial charge in [0.2, 0.25) is 0 Å². The predicted molar refractivity (Wildman–Crippen MR) is 71.9 cm³/mol. The number of benzene rings is 1. The van der Waals surface area contributed by atoms with Gasteiger partial charge < -0.3 is 9.84 Å². The van der Waals surface area contributed by atoms with Crippen molar-refractivity contribution in [3.8, 4) is 16.9 Å². The van der Waals surface area contributed by atoms with Crippen molar-refractivity contribution in [1.82, 2.24) is 14.6 Å². The first-order valence-electron chi connectivity index (χ1n) is 6.01. The zero-order chi connectivity index (χ0) is 15.0. The first-order chi connectivity index (χ1) is 10.1. The van der Waals surface area contributed by atoms with E-state index >= 15 is 0 Å². The summed E-state index contributed by atoms with van der Waals surface area (Å²) in [6.07, 6.45) is 3.19. The minimum Gasteiger partial charge on any atom is -0.494 e. The van der Waals surface area contributed by atoms with Crippen LogP contribution in [0.3, 0.4) is 0 Å². The molecule has 2 heterocycles. The molecular weight excluding hydrogens is 277 g/mol. The van der Waals surface area contributed by atoms with Gasteiger partial charge in [-0.05, 0) is 17.7 Å². The molecular formula is C14H10FN3O3. The molecule has 0 saturated heterocycles. The monoisotopic (exact) mass is 287 g/mol. The van der Waals surface area contributed by atoms with E-state index in [0.717, 1.165) is 0 Å². The van der Waals surface area contributed by atoms with Crippen molar-refractivity contribution in [2.45, 2.75) is 0 Å². The fourth-order valence-electron chi connectivity index (χ4n) is 1.97. The maximum Gasteiger partial charge on any atom is 0.356 e. The molecule has 6 nitrogen and oxygen atoms in total. The standard InChI is InChI=1S/C14H10FN3O3/c1-21-12-4-8(2-3-10(12)15)9-6-16-13-5-11(14(19)20)17-18(13)7-9/h2-7H,1H3,(H,19,20). The minimum atomic E-state index is -1.12. The average molecular weight is 287 g/mol. The molecule has 0 amide bonds. The lowest BCUT2D eigenvalue weighted by Gasteiger charge is -2.06. The molecule has 0 aliphatic heterocycles. The zero-order valence-electron chi connectivity index (χ0n) is 10.9. The molecule has 106 valence electrons. The summed E-state index contributed by atoms with van der Waals surface area (Å²) < 4.78 is 19.7. The van der Waals surface area contributed by atoms with E-state index in [1.165, 1.54) is 23.8 Å². The number of nitrogens with zero attached hydrogens (tertiary/aromatic N) is 3. The molecule has 0 bridgehead atoms. The van der Waals surface area contributed by atoms with Gasteiger partial charge in [0.1, 0.15) is 0 Å². The number of hydrogen-bond donors (Lipinski definition) is 1. The molecule has 0 saturated carbocycles. The van der Waals surface area contributed by atoms with Gasteiger partial charge in [0, 0.05) is 24.0 Å². The van der Waals surface area contributed by atoms with E-state index in [4.69, 9.17) is 9.84 Å². The van der Waals surface area contributed by atoms with E-state index in [0.29, 0.717) is 16.8 Å². The predicted octanol–water partition coefficient (Wildman–Crippen LogP) is 2.24.